The molecule has 0 aliphatic carbocycles. The van der Waals surface area contributed by atoms with Crippen LogP contribution in [0.3, 0.4) is 0 Å². The van der Waals surface area contributed by atoms with Crippen LogP contribution in [0.1, 0.15) is 48.6 Å². The van der Waals surface area contributed by atoms with Crippen LogP contribution >= 0.6 is 22.9 Å². The molecule has 0 saturated carbocycles. The largest absolute Gasteiger partial charge is 0.327 e. The molecule has 34 heavy (non-hydrogen) atoms. The minimum Gasteiger partial charge on any atom is -0.327 e. The van der Waals surface area contributed by atoms with E-state index in [4.69, 9.17) is 16.6 Å². The minimum atomic E-state index is -3.26. The maximum atomic E-state index is 12.6. The number of hydrogen-bond acceptors (Lipinski definition) is 8. The number of anilines is 2. The minimum absolute atomic E-state index is 0.00876. The molecular formula is C23H26ClN5O3S2. The molecule has 1 atom stereocenters. The number of carbonyl (C=O) groups excluding carboxylic acids is 1. The second kappa shape index (κ2) is 9.59. The summed E-state index contributed by atoms with van der Waals surface area (Å²) in [5.74, 6) is 0.711. The van der Waals surface area contributed by atoms with Crippen LogP contribution in [0.25, 0.3) is 0 Å². The van der Waals surface area contributed by atoms with Crippen molar-refractivity contribution in [3.8, 4) is 0 Å². The molecule has 180 valence electrons. The van der Waals surface area contributed by atoms with E-state index in [9.17, 15) is 13.2 Å². The number of amides is 1. The Kier molecular flexibility index (Phi) is 6.93. The lowest BCUT2D eigenvalue weighted by atomic mass is 10.0. The predicted molar refractivity (Wildman–Crippen MR) is 134 cm³/mol. The number of thiazole rings is 1. The summed E-state index contributed by atoms with van der Waals surface area (Å²) in [5.41, 5.74) is 2.39. The SMILES string of the molecule is CCS(=O)(=O)c1ccc(CC(=O)Nc2nc3c(s2)CN(c2ncc(Cl)c(C)n2)C3C(C)C)cc1. The Hall–Kier alpha value is -2.56. The van der Waals surface area contributed by atoms with Gasteiger partial charge in [-0.15, -0.1) is 0 Å². The maximum Gasteiger partial charge on any atom is 0.230 e. The third-order valence-electron chi connectivity index (χ3n) is 5.73. The highest BCUT2D eigenvalue weighted by molar-refractivity contribution is 7.91. The van der Waals surface area contributed by atoms with Gasteiger partial charge in [-0.2, -0.15) is 0 Å². The molecule has 0 radical (unpaired) electrons. The monoisotopic (exact) mass is 519 g/mol. The first-order valence-electron chi connectivity index (χ1n) is 11.0. The molecule has 3 heterocycles. The van der Waals surface area contributed by atoms with E-state index < -0.39 is 9.84 Å². The zero-order chi connectivity index (χ0) is 24.6. The Labute approximate surface area is 208 Å². The molecule has 4 rings (SSSR count). The Bertz CT molecular complexity index is 1320. The van der Waals surface area contributed by atoms with E-state index in [-0.39, 0.29) is 34.9 Å². The molecule has 1 amide bonds. The number of halogens is 1. The van der Waals surface area contributed by atoms with Crippen LogP contribution < -0.4 is 10.2 Å². The van der Waals surface area contributed by atoms with Gasteiger partial charge in [-0.25, -0.2) is 23.4 Å². The molecule has 3 aromatic rings. The van der Waals surface area contributed by atoms with Gasteiger partial charge in [0.25, 0.3) is 0 Å². The van der Waals surface area contributed by atoms with Gasteiger partial charge in [-0.1, -0.05) is 55.8 Å². The summed E-state index contributed by atoms with van der Waals surface area (Å²) in [6.45, 7) is 8.31. The number of sulfone groups is 1. The molecule has 2 aromatic heterocycles. The Morgan fingerprint density at radius 1 is 1.26 bits per heavy atom. The normalized spacial score (nSPS) is 15.6. The first-order valence-corrected chi connectivity index (χ1v) is 13.8. The number of hydrogen-bond donors (Lipinski definition) is 1. The number of nitrogens with zero attached hydrogens (tertiary/aromatic N) is 4. The van der Waals surface area contributed by atoms with E-state index in [0.29, 0.717) is 22.6 Å². The lowest BCUT2D eigenvalue weighted by Gasteiger charge is -2.27. The fourth-order valence-corrected chi connectivity index (χ4v) is 5.93. The number of fused-ring (bicyclic) bond motifs is 1. The molecule has 1 unspecified atom stereocenters. The van der Waals surface area contributed by atoms with Crippen molar-refractivity contribution >= 4 is 49.8 Å². The van der Waals surface area contributed by atoms with Crippen molar-refractivity contribution in [2.24, 2.45) is 5.92 Å². The standard InChI is InChI=1S/C23H26ClN5O3S2/c1-5-34(31,32)16-8-6-15(7-9-16)10-19(30)27-23-28-20-18(33-23)12-29(21(20)13(2)3)22-25-11-17(24)14(4)26-22/h6-9,11,13,21H,5,10,12H2,1-4H3,(H,27,28,30). The van der Waals surface area contributed by atoms with Crippen LogP contribution in [0, 0.1) is 12.8 Å². The van der Waals surface area contributed by atoms with E-state index >= 15 is 0 Å². The summed E-state index contributed by atoms with van der Waals surface area (Å²) in [6, 6.07) is 6.42. The van der Waals surface area contributed by atoms with Crippen molar-refractivity contribution in [2.45, 2.75) is 51.6 Å². The van der Waals surface area contributed by atoms with Crippen LogP contribution in [0.4, 0.5) is 11.1 Å². The quantitative estimate of drug-likeness (QED) is 0.486. The van der Waals surface area contributed by atoms with Gasteiger partial charge in [0.2, 0.25) is 11.9 Å². The average molecular weight is 520 g/mol. The smallest absolute Gasteiger partial charge is 0.230 e. The van der Waals surface area contributed by atoms with Crippen molar-refractivity contribution in [2.75, 3.05) is 16.0 Å². The van der Waals surface area contributed by atoms with Gasteiger partial charge in [0.05, 0.1) is 57.1 Å². The summed E-state index contributed by atoms with van der Waals surface area (Å²) < 4.78 is 23.9. The molecule has 8 nitrogen and oxygen atoms in total. The molecule has 0 saturated heterocycles. The van der Waals surface area contributed by atoms with Crippen molar-refractivity contribution in [3.63, 3.8) is 0 Å². The fraction of sp³-hybridized carbons (Fsp3) is 0.391. The van der Waals surface area contributed by atoms with Crippen LogP contribution in [0.15, 0.2) is 35.4 Å². The molecule has 0 spiro atoms. The number of aromatic nitrogens is 3. The third-order valence-corrected chi connectivity index (χ3v) is 8.82. The first-order chi connectivity index (χ1) is 16.1. The number of benzene rings is 1. The van der Waals surface area contributed by atoms with Crippen LogP contribution in [-0.2, 0) is 27.6 Å². The average Bonchev–Trinajstić information content (AvgIpc) is 3.33. The Morgan fingerprint density at radius 2 is 1.97 bits per heavy atom. The van der Waals surface area contributed by atoms with Gasteiger partial charge < -0.3 is 10.2 Å². The van der Waals surface area contributed by atoms with E-state index in [1.54, 1.807) is 37.4 Å². The molecule has 0 fully saturated rings. The fourth-order valence-electron chi connectivity index (χ4n) is 3.94. The molecule has 11 heteroatoms. The van der Waals surface area contributed by atoms with E-state index in [0.717, 1.165) is 21.8 Å². The predicted octanol–water partition coefficient (Wildman–Crippen LogP) is 4.59. The number of nitrogens with one attached hydrogen (secondary N) is 1. The van der Waals surface area contributed by atoms with Crippen molar-refractivity contribution < 1.29 is 13.2 Å². The zero-order valence-electron chi connectivity index (χ0n) is 19.4. The van der Waals surface area contributed by atoms with Gasteiger partial charge in [0.15, 0.2) is 15.0 Å². The summed E-state index contributed by atoms with van der Waals surface area (Å²) >= 11 is 7.55. The van der Waals surface area contributed by atoms with Gasteiger partial charge in [-0.05, 0) is 30.5 Å². The van der Waals surface area contributed by atoms with Crippen molar-refractivity contribution in [1.82, 2.24) is 15.0 Å². The first kappa shape index (κ1) is 24.6. The van der Waals surface area contributed by atoms with Gasteiger partial charge in [0, 0.05) is 0 Å². The van der Waals surface area contributed by atoms with Gasteiger partial charge in [0.1, 0.15) is 0 Å². The molecule has 1 aliphatic heterocycles. The van der Waals surface area contributed by atoms with Crippen molar-refractivity contribution in [3.05, 3.63) is 57.3 Å². The highest BCUT2D eigenvalue weighted by Gasteiger charge is 2.37. The second-order valence-corrected chi connectivity index (χ2v) is 12.3. The molecule has 1 aromatic carbocycles. The van der Waals surface area contributed by atoms with Crippen LogP contribution in [0.5, 0.6) is 0 Å². The molecule has 1 N–H and O–H groups in total. The molecule has 0 bridgehead atoms. The highest BCUT2D eigenvalue weighted by atomic mass is 35.5. The van der Waals surface area contributed by atoms with E-state index in [1.807, 2.05) is 6.92 Å². The van der Waals surface area contributed by atoms with Crippen molar-refractivity contribution in [1.29, 1.82) is 0 Å². The van der Waals surface area contributed by atoms with Gasteiger partial charge >= 0.3 is 0 Å². The third kappa shape index (κ3) is 4.94. The lowest BCUT2D eigenvalue weighted by Crippen LogP contribution is -2.28. The topological polar surface area (TPSA) is 105 Å². The molecule has 1 aliphatic rings. The number of rotatable bonds is 7. The summed E-state index contributed by atoms with van der Waals surface area (Å²) in [5, 5.41) is 3.97. The number of aryl methyl sites for hydroxylation is 1. The summed E-state index contributed by atoms with van der Waals surface area (Å²) in [7, 11) is -3.26. The Balaban J connectivity index is 1.47. The Morgan fingerprint density at radius 3 is 2.59 bits per heavy atom. The maximum absolute atomic E-state index is 12.6. The zero-order valence-corrected chi connectivity index (χ0v) is 21.8. The second-order valence-electron chi connectivity index (χ2n) is 8.52. The summed E-state index contributed by atoms with van der Waals surface area (Å²) in [6.07, 6.45) is 1.75. The van der Waals surface area contributed by atoms with Gasteiger partial charge in [-0.3, -0.25) is 4.79 Å². The highest BCUT2D eigenvalue weighted by Crippen LogP contribution is 2.43. The lowest BCUT2D eigenvalue weighted by molar-refractivity contribution is -0.115. The van der Waals surface area contributed by atoms with Crippen LogP contribution in [0.2, 0.25) is 5.02 Å². The molecular weight excluding hydrogens is 494 g/mol. The number of carbonyl (C=O) groups is 1. The van der Waals surface area contributed by atoms with E-state index in [1.165, 1.54) is 11.3 Å². The van der Waals surface area contributed by atoms with E-state index in [2.05, 4.69) is 34.0 Å². The van der Waals surface area contributed by atoms with Crippen LogP contribution in [-0.4, -0.2) is 35.0 Å². The summed E-state index contributed by atoms with van der Waals surface area (Å²) in [4.78, 5) is 29.8.